The average molecular weight is 187 g/mol. The fourth-order valence-electron chi connectivity index (χ4n) is 1.53. The van der Waals surface area contributed by atoms with E-state index in [9.17, 15) is 5.11 Å². The van der Waals surface area contributed by atoms with E-state index in [1.54, 1.807) is 12.1 Å². The third-order valence-electron chi connectivity index (χ3n) is 2.14. The summed E-state index contributed by atoms with van der Waals surface area (Å²) in [6, 6.07) is 10.8. The van der Waals surface area contributed by atoms with Crippen LogP contribution in [0.1, 0.15) is 6.92 Å². The second-order valence-corrected chi connectivity index (χ2v) is 3.04. The Morgan fingerprint density at radius 1 is 1.07 bits per heavy atom. The predicted octanol–water partition coefficient (Wildman–Crippen LogP) is 3.38. The van der Waals surface area contributed by atoms with E-state index in [1.165, 1.54) is 0 Å². The Labute approximate surface area is 82.8 Å². The topological polar surface area (TPSA) is 29.1 Å². The first-order chi connectivity index (χ1) is 6.83. The summed E-state index contributed by atoms with van der Waals surface area (Å²) in [6.45, 7) is 2.54. The van der Waals surface area contributed by atoms with Gasteiger partial charge >= 0.3 is 0 Å². The summed E-state index contributed by atoms with van der Waals surface area (Å²) in [5.74, 6) is 0.826. The van der Waals surface area contributed by atoms with Gasteiger partial charge in [0.05, 0.1) is 6.61 Å². The molecule has 0 saturated heterocycles. The molecule has 0 atom stereocenters. The molecule has 0 heterocycles. The molecule has 0 saturated carbocycles. The van der Waals surface area contributed by atoms with E-state index in [0.717, 1.165) is 16.5 Å². The maximum Gasteiger partial charge on any atom is 0.186 e. The molecule has 0 aromatic heterocycles. The minimum Gasteiger partial charge on any atom is -0.493 e. The Morgan fingerprint density at radius 3 is 2.57 bits per heavy atom. The highest BCUT2D eigenvalue weighted by atomic mass is 16.5. The van der Waals surface area contributed by atoms with Gasteiger partial charge in [-0.25, -0.2) is 0 Å². The number of fused-ring (bicyclic) bond motifs is 1. The van der Waals surface area contributed by atoms with Gasteiger partial charge in [0.1, 0.15) is 5.75 Å². The molecule has 14 heavy (non-hydrogen) atoms. The fraction of sp³-hybridized carbons (Fsp3) is 0.167. The summed E-state index contributed by atoms with van der Waals surface area (Å²) in [5, 5.41) is 13.1. The fourth-order valence-corrected chi connectivity index (χ4v) is 1.53. The summed E-state index contributed by atoms with van der Waals surface area (Å²) in [4.78, 5) is 0. The standard InChI is InChI=1S/C12H11O2/c1-2-14-12-8-4-5-9-10(12)6-3-7-11(9)13/h3-8H,2H2,1H3. The van der Waals surface area contributed by atoms with Crippen LogP contribution in [0.15, 0.2) is 36.4 Å². The summed E-state index contributed by atoms with van der Waals surface area (Å²) in [6.07, 6.45) is 0. The molecule has 0 amide bonds. The second-order valence-electron chi connectivity index (χ2n) is 3.04. The van der Waals surface area contributed by atoms with Crippen LogP contribution in [0.2, 0.25) is 0 Å². The van der Waals surface area contributed by atoms with E-state index in [-0.39, 0.29) is 5.75 Å². The zero-order valence-electron chi connectivity index (χ0n) is 7.99. The molecule has 0 fully saturated rings. The summed E-state index contributed by atoms with van der Waals surface area (Å²) >= 11 is 0. The van der Waals surface area contributed by atoms with Crippen LogP contribution in [0.5, 0.6) is 11.5 Å². The lowest BCUT2D eigenvalue weighted by molar-refractivity contribution is 0.343. The molecule has 0 aliphatic heterocycles. The average Bonchev–Trinajstić information content (AvgIpc) is 2.20. The molecule has 1 radical (unpaired) electrons. The van der Waals surface area contributed by atoms with Crippen LogP contribution in [-0.2, 0) is 5.11 Å². The van der Waals surface area contributed by atoms with Gasteiger partial charge in [-0.3, -0.25) is 5.11 Å². The molecule has 2 heteroatoms. The highest BCUT2D eigenvalue weighted by molar-refractivity contribution is 5.92. The van der Waals surface area contributed by atoms with Crippen LogP contribution >= 0.6 is 0 Å². The Kier molecular flexibility index (Phi) is 2.27. The van der Waals surface area contributed by atoms with Crippen molar-refractivity contribution in [3.8, 4) is 11.5 Å². The molecule has 0 N–H and O–H groups in total. The smallest absolute Gasteiger partial charge is 0.186 e. The molecule has 0 aliphatic rings. The number of benzene rings is 2. The van der Waals surface area contributed by atoms with Gasteiger partial charge in [0.2, 0.25) is 0 Å². The zero-order chi connectivity index (χ0) is 9.97. The van der Waals surface area contributed by atoms with Crippen LogP contribution in [0.4, 0.5) is 0 Å². The first-order valence-electron chi connectivity index (χ1n) is 4.64. The van der Waals surface area contributed by atoms with Gasteiger partial charge in [-0.2, -0.15) is 0 Å². The van der Waals surface area contributed by atoms with Gasteiger partial charge in [-0.15, -0.1) is 0 Å². The van der Waals surface area contributed by atoms with Crippen molar-refractivity contribution in [2.24, 2.45) is 0 Å². The second kappa shape index (κ2) is 3.58. The van der Waals surface area contributed by atoms with E-state index < -0.39 is 0 Å². The zero-order valence-corrected chi connectivity index (χ0v) is 7.99. The van der Waals surface area contributed by atoms with Crippen LogP contribution in [0.3, 0.4) is 0 Å². The summed E-state index contributed by atoms with van der Waals surface area (Å²) in [7, 11) is 0. The maximum atomic E-state index is 11.5. The molecule has 0 unspecified atom stereocenters. The number of hydrogen-bond acceptors (Lipinski definition) is 1. The molecular weight excluding hydrogens is 176 g/mol. The minimum atomic E-state index is 0.0454. The Morgan fingerprint density at radius 2 is 1.79 bits per heavy atom. The minimum absolute atomic E-state index is 0.0454. The lowest BCUT2D eigenvalue weighted by Crippen LogP contribution is -1.91. The number of ether oxygens (including phenoxy) is 1. The van der Waals surface area contributed by atoms with Crippen molar-refractivity contribution in [3.05, 3.63) is 36.4 Å². The highest BCUT2D eigenvalue weighted by Gasteiger charge is 2.04. The molecule has 0 bridgehead atoms. The Bertz CT molecular complexity index is 449. The molecule has 71 valence electrons. The van der Waals surface area contributed by atoms with E-state index in [1.807, 2.05) is 31.2 Å². The van der Waals surface area contributed by atoms with E-state index in [4.69, 9.17) is 4.74 Å². The van der Waals surface area contributed by atoms with Gasteiger partial charge in [0, 0.05) is 10.8 Å². The molecule has 0 aliphatic carbocycles. The SMILES string of the molecule is CCOc1cccc2c([O])cccc12. The van der Waals surface area contributed by atoms with Crippen LogP contribution in [0, 0.1) is 0 Å². The van der Waals surface area contributed by atoms with Crippen molar-refractivity contribution in [1.29, 1.82) is 0 Å². The van der Waals surface area contributed by atoms with Gasteiger partial charge in [-0.1, -0.05) is 24.3 Å². The molecule has 2 aromatic carbocycles. The normalized spacial score (nSPS) is 10.4. The van der Waals surface area contributed by atoms with Crippen molar-refractivity contribution in [2.75, 3.05) is 6.61 Å². The van der Waals surface area contributed by atoms with Crippen molar-refractivity contribution in [2.45, 2.75) is 6.92 Å². The maximum absolute atomic E-state index is 11.5. The van der Waals surface area contributed by atoms with Gasteiger partial charge in [-0.05, 0) is 19.1 Å². The largest absolute Gasteiger partial charge is 0.493 e. The van der Waals surface area contributed by atoms with Gasteiger partial charge in [0.25, 0.3) is 0 Å². The molecular formula is C12H11O2. The van der Waals surface area contributed by atoms with Crippen LogP contribution in [0.25, 0.3) is 10.8 Å². The lowest BCUT2D eigenvalue weighted by atomic mass is 10.1. The predicted molar refractivity (Wildman–Crippen MR) is 55.2 cm³/mol. The van der Waals surface area contributed by atoms with E-state index >= 15 is 0 Å². The lowest BCUT2D eigenvalue weighted by Gasteiger charge is -2.06. The summed E-state index contributed by atoms with van der Waals surface area (Å²) in [5.41, 5.74) is 0. The molecule has 2 nitrogen and oxygen atoms in total. The monoisotopic (exact) mass is 187 g/mol. The van der Waals surface area contributed by atoms with Crippen molar-refractivity contribution >= 4 is 10.8 Å². The van der Waals surface area contributed by atoms with Gasteiger partial charge < -0.3 is 4.74 Å². The highest BCUT2D eigenvalue weighted by Crippen LogP contribution is 2.31. The summed E-state index contributed by atoms with van der Waals surface area (Å²) < 4.78 is 5.44. The third-order valence-corrected chi connectivity index (χ3v) is 2.14. The van der Waals surface area contributed by atoms with Crippen molar-refractivity contribution in [3.63, 3.8) is 0 Å². The Balaban J connectivity index is 2.68. The van der Waals surface area contributed by atoms with E-state index in [0.29, 0.717) is 6.61 Å². The quantitative estimate of drug-likeness (QED) is 0.708. The number of hydrogen-bond donors (Lipinski definition) is 0. The Hall–Kier alpha value is -1.70. The first kappa shape index (κ1) is 8.88. The van der Waals surface area contributed by atoms with Crippen LogP contribution < -0.4 is 4.74 Å². The first-order valence-corrected chi connectivity index (χ1v) is 4.64. The number of rotatable bonds is 2. The van der Waals surface area contributed by atoms with Crippen LogP contribution in [-0.4, -0.2) is 6.61 Å². The molecule has 2 aromatic rings. The molecule has 2 rings (SSSR count). The molecule has 0 spiro atoms. The van der Waals surface area contributed by atoms with E-state index in [2.05, 4.69) is 0 Å². The van der Waals surface area contributed by atoms with Crippen molar-refractivity contribution < 1.29 is 9.84 Å². The van der Waals surface area contributed by atoms with Crippen molar-refractivity contribution in [1.82, 2.24) is 0 Å². The third kappa shape index (κ3) is 1.39. The van der Waals surface area contributed by atoms with Gasteiger partial charge in [0.15, 0.2) is 5.75 Å².